The number of hydrogen-bond donors (Lipinski definition) is 0. The van der Waals surface area contributed by atoms with Gasteiger partial charge in [0.15, 0.2) is 5.17 Å². The molecule has 18 heavy (non-hydrogen) atoms. The van der Waals surface area contributed by atoms with Gasteiger partial charge in [-0.2, -0.15) is 0 Å². The van der Waals surface area contributed by atoms with E-state index in [2.05, 4.69) is 22.9 Å². The summed E-state index contributed by atoms with van der Waals surface area (Å²) in [5.74, 6) is 0. The Balaban J connectivity index is 1.83. The first-order valence-corrected chi connectivity index (χ1v) is 7.60. The molecule has 0 bridgehead atoms. The smallest absolute Gasteiger partial charge is 0.160 e. The van der Waals surface area contributed by atoms with Gasteiger partial charge < -0.3 is 4.90 Å². The van der Waals surface area contributed by atoms with E-state index in [4.69, 9.17) is 4.99 Å². The summed E-state index contributed by atoms with van der Waals surface area (Å²) in [5.41, 5.74) is 1.33. The summed E-state index contributed by atoms with van der Waals surface area (Å²) in [7, 11) is 0. The molecule has 1 aromatic heterocycles. The average molecular weight is 261 g/mol. The molecule has 2 aliphatic rings. The topological polar surface area (TPSA) is 28.5 Å². The molecule has 96 valence electrons. The summed E-state index contributed by atoms with van der Waals surface area (Å²) in [6.07, 6.45) is 7.67. The monoisotopic (exact) mass is 261 g/mol. The molecule has 1 fully saturated rings. The van der Waals surface area contributed by atoms with Crippen molar-refractivity contribution in [3.8, 4) is 0 Å². The van der Waals surface area contributed by atoms with Crippen LogP contribution in [-0.4, -0.2) is 33.4 Å². The number of aliphatic imine (C=N–C) groups is 1. The summed E-state index contributed by atoms with van der Waals surface area (Å²) < 4.78 is 0. The lowest BCUT2D eigenvalue weighted by molar-refractivity contribution is 0.249. The van der Waals surface area contributed by atoms with Crippen LogP contribution >= 0.6 is 11.8 Å². The molecule has 1 aromatic rings. The van der Waals surface area contributed by atoms with Gasteiger partial charge in [-0.3, -0.25) is 9.98 Å². The number of aromatic nitrogens is 1. The van der Waals surface area contributed by atoms with Crippen molar-refractivity contribution in [3.63, 3.8) is 0 Å². The first-order chi connectivity index (χ1) is 8.84. The van der Waals surface area contributed by atoms with Gasteiger partial charge in [0.05, 0.1) is 12.6 Å². The van der Waals surface area contributed by atoms with Crippen LogP contribution in [0.1, 0.15) is 37.8 Å². The van der Waals surface area contributed by atoms with E-state index >= 15 is 0 Å². The van der Waals surface area contributed by atoms with Gasteiger partial charge in [-0.05, 0) is 30.9 Å². The minimum absolute atomic E-state index is 0.476. The van der Waals surface area contributed by atoms with Crippen molar-refractivity contribution in [2.45, 2.75) is 37.5 Å². The third-order valence-electron chi connectivity index (χ3n) is 3.61. The standard InChI is InChI=1S/C14H19N3S/c1-11-9-16-14(18-11)17-8-3-2-6-13(17)12-5-4-7-15-10-12/h4-5,7,10-11,13H,2-3,6,8-9H2,1H3. The Morgan fingerprint density at radius 3 is 3.06 bits per heavy atom. The third kappa shape index (κ3) is 2.39. The maximum absolute atomic E-state index is 4.70. The van der Waals surface area contributed by atoms with E-state index in [9.17, 15) is 0 Å². The number of nitrogens with zero attached hydrogens (tertiary/aromatic N) is 3. The van der Waals surface area contributed by atoms with E-state index in [0.29, 0.717) is 11.3 Å². The van der Waals surface area contributed by atoms with Crippen LogP contribution in [0.3, 0.4) is 0 Å². The maximum atomic E-state index is 4.70. The molecule has 0 N–H and O–H groups in total. The lowest BCUT2D eigenvalue weighted by atomic mass is 9.97. The molecule has 0 aliphatic carbocycles. The Labute approximate surface area is 113 Å². The quantitative estimate of drug-likeness (QED) is 0.777. The largest absolute Gasteiger partial charge is 0.344 e. The van der Waals surface area contributed by atoms with Crippen LogP contribution in [0.4, 0.5) is 0 Å². The molecule has 0 radical (unpaired) electrons. The van der Waals surface area contributed by atoms with E-state index in [1.165, 1.54) is 30.0 Å². The van der Waals surface area contributed by atoms with E-state index < -0.39 is 0 Å². The van der Waals surface area contributed by atoms with Crippen LogP contribution in [0.5, 0.6) is 0 Å². The predicted octanol–water partition coefficient (Wildman–Crippen LogP) is 3.10. The van der Waals surface area contributed by atoms with E-state index in [0.717, 1.165) is 13.1 Å². The number of thioether (sulfide) groups is 1. The highest BCUT2D eigenvalue weighted by Gasteiger charge is 2.29. The van der Waals surface area contributed by atoms with Crippen molar-refractivity contribution < 1.29 is 0 Å². The predicted molar refractivity (Wildman–Crippen MR) is 76.9 cm³/mol. The Kier molecular flexibility index (Phi) is 3.55. The fraction of sp³-hybridized carbons (Fsp3) is 0.571. The van der Waals surface area contributed by atoms with Crippen LogP contribution in [0.25, 0.3) is 0 Å². The van der Waals surface area contributed by atoms with Gasteiger partial charge in [0.1, 0.15) is 0 Å². The van der Waals surface area contributed by atoms with Gasteiger partial charge in [0, 0.05) is 24.2 Å². The van der Waals surface area contributed by atoms with Crippen molar-refractivity contribution >= 4 is 16.9 Å². The van der Waals surface area contributed by atoms with Crippen molar-refractivity contribution in [2.75, 3.05) is 13.1 Å². The molecule has 3 heterocycles. The fourth-order valence-corrected chi connectivity index (χ4v) is 3.71. The summed E-state index contributed by atoms with van der Waals surface area (Å²) in [4.78, 5) is 11.5. The highest BCUT2D eigenvalue weighted by molar-refractivity contribution is 8.14. The van der Waals surface area contributed by atoms with Crippen LogP contribution in [0, 0.1) is 0 Å². The van der Waals surface area contributed by atoms with Gasteiger partial charge in [0.25, 0.3) is 0 Å². The molecule has 1 saturated heterocycles. The first kappa shape index (κ1) is 12.0. The highest BCUT2D eigenvalue weighted by Crippen LogP contribution is 2.35. The van der Waals surface area contributed by atoms with Crippen molar-refractivity contribution in [1.29, 1.82) is 0 Å². The molecule has 2 unspecified atom stereocenters. The fourth-order valence-electron chi connectivity index (χ4n) is 2.70. The number of pyridine rings is 1. The lowest BCUT2D eigenvalue weighted by Crippen LogP contribution is -2.36. The molecular weight excluding hydrogens is 242 g/mol. The Bertz CT molecular complexity index is 432. The number of hydrogen-bond acceptors (Lipinski definition) is 4. The van der Waals surface area contributed by atoms with E-state index in [-0.39, 0.29) is 0 Å². The average Bonchev–Trinajstić information content (AvgIpc) is 2.86. The SMILES string of the molecule is CC1CN=C(N2CCCCC2c2cccnc2)S1. The van der Waals surface area contributed by atoms with E-state index in [1.807, 2.05) is 30.2 Å². The first-order valence-electron chi connectivity index (χ1n) is 6.72. The second-order valence-electron chi connectivity index (χ2n) is 5.04. The maximum Gasteiger partial charge on any atom is 0.160 e. The summed E-state index contributed by atoms with van der Waals surface area (Å²) in [5, 5.41) is 1.88. The molecule has 2 atom stereocenters. The minimum atomic E-state index is 0.476. The number of likely N-dealkylation sites (tertiary alicyclic amines) is 1. The highest BCUT2D eigenvalue weighted by atomic mass is 32.2. The second-order valence-corrected chi connectivity index (χ2v) is 6.45. The zero-order valence-electron chi connectivity index (χ0n) is 10.7. The van der Waals surface area contributed by atoms with Crippen molar-refractivity contribution in [1.82, 2.24) is 9.88 Å². The molecule has 3 nitrogen and oxygen atoms in total. The van der Waals surface area contributed by atoms with Gasteiger partial charge >= 0.3 is 0 Å². The van der Waals surface area contributed by atoms with Crippen LogP contribution in [-0.2, 0) is 0 Å². The molecule has 0 amide bonds. The summed E-state index contributed by atoms with van der Waals surface area (Å²) in [6.45, 7) is 4.36. The Morgan fingerprint density at radius 1 is 1.39 bits per heavy atom. The Hall–Kier alpha value is -1.03. The van der Waals surface area contributed by atoms with Crippen LogP contribution in [0.15, 0.2) is 29.5 Å². The molecule has 0 spiro atoms. The molecule has 0 aromatic carbocycles. The van der Waals surface area contributed by atoms with Crippen molar-refractivity contribution in [2.24, 2.45) is 4.99 Å². The van der Waals surface area contributed by atoms with Gasteiger partial charge in [-0.15, -0.1) is 0 Å². The zero-order chi connectivity index (χ0) is 12.4. The number of rotatable bonds is 1. The zero-order valence-corrected chi connectivity index (χ0v) is 11.6. The number of piperidine rings is 1. The molecule has 2 aliphatic heterocycles. The minimum Gasteiger partial charge on any atom is -0.344 e. The summed E-state index contributed by atoms with van der Waals surface area (Å²) >= 11 is 1.93. The van der Waals surface area contributed by atoms with Gasteiger partial charge in [-0.1, -0.05) is 24.8 Å². The third-order valence-corrected chi connectivity index (χ3v) is 4.73. The normalized spacial score (nSPS) is 28.3. The molecule has 3 rings (SSSR count). The molecule has 0 saturated carbocycles. The van der Waals surface area contributed by atoms with E-state index in [1.54, 1.807) is 0 Å². The summed E-state index contributed by atoms with van der Waals surface area (Å²) in [6, 6.07) is 4.71. The second kappa shape index (κ2) is 5.31. The van der Waals surface area contributed by atoms with Crippen molar-refractivity contribution in [3.05, 3.63) is 30.1 Å². The molecule has 4 heteroatoms. The molecular formula is C14H19N3S. The van der Waals surface area contributed by atoms with Gasteiger partial charge in [0.2, 0.25) is 0 Å². The van der Waals surface area contributed by atoms with Gasteiger partial charge in [-0.25, -0.2) is 0 Å². The Morgan fingerprint density at radius 2 is 2.33 bits per heavy atom. The van der Waals surface area contributed by atoms with Crippen LogP contribution < -0.4 is 0 Å². The lowest BCUT2D eigenvalue weighted by Gasteiger charge is -2.37. The van der Waals surface area contributed by atoms with Crippen LogP contribution in [0.2, 0.25) is 0 Å². The number of amidine groups is 1.